The van der Waals surface area contributed by atoms with Crippen LogP contribution in [0.5, 0.6) is 0 Å². The molecule has 1 N–H and O–H groups in total. The highest BCUT2D eigenvalue weighted by atomic mass is 16.3. The van der Waals surface area contributed by atoms with Crippen molar-refractivity contribution in [2.45, 2.75) is 104 Å². The zero-order valence-corrected chi connectivity index (χ0v) is 19.0. The number of aliphatic hydroxyl groups excluding tert-OH is 1. The molecule has 158 valence electrons. The monoisotopic (exact) mass is 384 g/mol. The van der Waals surface area contributed by atoms with Crippen LogP contribution in [0.4, 0.5) is 0 Å². The van der Waals surface area contributed by atoms with Crippen LogP contribution in [0, 0.1) is 40.4 Å². The normalized spacial score (nSPS) is 46.2. The highest BCUT2D eigenvalue weighted by Crippen LogP contribution is 2.67. The van der Waals surface area contributed by atoms with E-state index in [-0.39, 0.29) is 6.10 Å². The summed E-state index contributed by atoms with van der Waals surface area (Å²) in [4.78, 5) is 0. The quantitative estimate of drug-likeness (QED) is 0.493. The molecule has 1 heteroatoms. The van der Waals surface area contributed by atoms with Gasteiger partial charge in [-0.15, -0.1) is 6.58 Å². The zero-order chi connectivity index (χ0) is 20.1. The van der Waals surface area contributed by atoms with E-state index in [1.807, 2.05) is 0 Å². The lowest BCUT2D eigenvalue weighted by Gasteiger charge is -2.58. The van der Waals surface area contributed by atoms with E-state index in [0.717, 1.165) is 42.4 Å². The second kappa shape index (κ2) is 7.60. The molecule has 28 heavy (non-hydrogen) atoms. The summed E-state index contributed by atoms with van der Waals surface area (Å²) in [6, 6.07) is 0. The molecule has 0 aromatic rings. The lowest BCUT2D eigenvalue weighted by molar-refractivity contribution is -0.0572. The number of hydrogen-bond donors (Lipinski definition) is 1. The predicted octanol–water partition coefficient (Wildman–Crippen LogP) is 7.31. The Bertz CT molecular complexity index is 632. The SMILES string of the molecule is C=C(C)CCCC(C)[C@H]1CC[C@H]2[C@@H]3CC=C4C[C@@H](O)CC[C@]4(C)[C@H]3CC[C@]12C. The maximum absolute atomic E-state index is 10.2. The van der Waals surface area contributed by atoms with Crippen LogP contribution in [0.15, 0.2) is 23.8 Å². The first-order valence-electron chi connectivity index (χ1n) is 12.3. The summed E-state index contributed by atoms with van der Waals surface area (Å²) in [7, 11) is 0. The molecular weight excluding hydrogens is 340 g/mol. The van der Waals surface area contributed by atoms with Gasteiger partial charge in [0.05, 0.1) is 6.10 Å². The van der Waals surface area contributed by atoms with Crippen molar-refractivity contribution in [3.05, 3.63) is 23.8 Å². The summed E-state index contributed by atoms with van der Waals surface area (Å²) in [5.74, 6) is 4.49. The summed E-state index contributed by atoms with van der Waals surface area (Å²) >= 11 is 0. The van der Waals surface area contributed by atoms with Gasteiger partial charge in [-0.1, -0.05) is 44.4 Å². The minimum Gasteiger partial charge on any atom is -0.393 e. The summed E-state index contributed by atoms with van der Waals surface area (Å²) in [5.41, 5.74) is 3.91. The number of fused-ring (bicyclic) bond motifs is 5. The molecule has 0 amide bonds. The molecule has 8 atom stereocenters. The largest absolute Gasteiger partial charge is 0.393 e. The molecule has 1 unspecified atom stereocenters. The van der Waals surface area contributed by atoms with Gasteiger partial charge in [0.25, 0.3) is 0 Å². The Morgan fingerprint density at radius 2 is 1.96 bits per heavy atom. The van der Waals surface area contributed by atoms with E-state index in [1.54, 1.807) is 5.57 Å². The molecule has 0 saturated heterocycles. The smallest absolute Gasteiger partial charge is 0.0577 e. The van der Waals surface area contributed by atoms with Crippen LogP contribution in [0.2, 0.25) is 0 Å². The molecule has 0 aromatic heterocycles. The fourth-order valence-corrected chi connectivity index (χ4v) is 8.54. The van der Waals surface area contributed by atoms with Crippen LogP contribution < -0.4 is 0 Å². The summed E-state index contributed by atoms with van der Waals surface area (Å²) in [6.45, 7) is 14.0. The van der Waals surface area contributed by atoms with Crippen molar-refractivity contribution >= 4 is 0 Å². The fourth-order valence-electron chi connectivity index (χ4n) is 8.54. The molecule has 4 aliphatic rings. The third-order valence-electron chi connectivity index (χ3n) is 10.1. The average Bonchev–Trinajstić information content (AvgIpc) is 2.99. The molecule has 3 saturated carbocycles. The minimum atomic E-state index is -0.0827. The second-order valence-electron chi connectivity index (χ2n) is 11.7. The highest BCUT2D eigenvalue weighted by molar-refractivity contribution is 5.25. The molecule has 3 fully saturated rings. The van der Waals surface area contributed by atoms with Crippen LogP contribution in [0.1, 0.15) is 98.3 Å². The number of rotatable bonds is 5. The molecule has 0 spiro atoms. The molecule has 0 bridgehead atoms. The number of allylic oxidation sites excluding steroid dienone is 2. The van der Waals surface area contributed by atoms with Gasteiger partial charge in [-0.3, -0.25) is 0 Å². The number of hydrogen-bond acceptors (Lipinski definition) is 1. The van der Waals surface area contributed by atoms with Crippen molar-refractivity contribution in [3.8, 4) is 0 Å². The predicted molar refractivity (Wildman–Crippen MR) is 119 cm³/mol. The van der Waals surface area contributed by atoms with E-state index < -0.39 is 0 Å². The molecule has 0 heterocycles. The Morgan fingerprint density at radius 1 is 1.18 bits per heavy atom. The molecule has 0 aromatic carbocycles. The lowest BCUT2D eigenvalue weighted by Crippen LogP contribution is -2.50. The van der Waals surface area contributed by atoms with E-state index in [9.17, 15) is 5.11 Å². The van der Waals surface area contributed by atoms with Crippen molar-refractivity contribution in [2.75, 3.05) is 0 Å². The summed E-state index contributed by atoms with van der Waals surface area (Å²) in [6.07, 6.45) is 16.7. The lowest BCUT2D eigenvalue weighted by atomic mass is 9.47. The van der Waals surface area contributed by atoms with Crippen molar-refractivity contribution in [2.24, 2.45) is 40.4 Å². The van der Waals surface area contributed by atoms with Gasteiger partial charge in [0.2, 0.25) is 0 Å². The third kappa shape index (κ3) is 3.34. The fraction of sp³-hybridized carbons (Fsp3) is 0.852. The highest BCUT2D eigenvalue weighted by Gasteiger charge is 2.59. The molecule has 0 aliphatic heterocycles. The molecule has 4 aliphatic carbocycles. The van der Waals surface area contributed by atoms with Gasteiger partial charge in [-0.05, 0) is 112 Å². The third-order valence-corrected chi connectivity index (χ3v) is 10.1. The summed E-state index contributed by atoms with van der Waals surface area (Å²) in [5, 5.41) is 10.2. The minimum absolute atomic E-state index is 0.0827. The Balaban J connectivity index is 1.50. The topological polar surface area (TPSA) is 20.2 Å². The Labute approximate surface area is 174 Å². The molecule has 4 rings (SSSR count). The van der Waals surface area contributed by atoms with Crippen molar-refractivity contribution in [1.29, 1.82) is 0 Å². The van der Waals surface area contributed by atoms with E-state index in [0.29, 0.717) is 10.8 Å². The van der Waals surface area contributed by atoms with Crippen LogP contribution >= 0.6 is 0 Å². The van der Waals surface area contributed by atoms with Crippen molar-refractivity contribution < 1.29 is 5.11 Å². The number of aliphatic hydroxyl groups is 1. The van der Waals surface area contributed by atoms with Crippen molar-refractivity contribution in [1.82, 2.24) is 0 Å². The molecule has 0 radical (unpaired) electrons. The van der Waals surface area contributed by atoms with Crippen molar-refractivity contribution in [3.63, 3.8) is 0 Å². The first-order valence-corrected chi connectivity index (χ1v) is 12.3. The first-order chi connectivity index (χ1) is 13.3. The van der Waals surface area contributed by atoms with Crippen LogP contribution in [-0.2, 0) is 0 Å². The van der Waals surface area contributed by atoms with E-state index in [2.05, 4.69) is 40.3 Å². The maximum atomic E-state index is 10.2. The maximum Gasteiger partial charge on any atom is 0.0577 e. The van der Waals surface area contributed by atoms with Crippen LogP contribution in [0.25, 0.3) is 0 Å². The van der Waals surface area contributed by atoms with E-state index >= 15 is 0 Å². The van der Waals surface area contributed by atoms with Crippen LogP contribution in [-0.4, -0.2) is 11.2 Å². The van der Waals surface area contributed by atoms with Gasteiger partial charge >= 0.3 is 0 Å². The van der Waals surface area contributed by atoms with E-state index in [1.165, 1.54) is 63.4 Å². The second-order valence-corrected chi connectivity index (χ2v) is 11.7. The van der Waals surface area contributed by atoms with Gasteiger partial charge in [0.1, 0.15) is 0 Å². The van der Waals surface area contributed by atoms with Gasteiger partial charge < -0.3 is 5.11 Å². The summed E-state index contributed by atoms with van der Waals surface area (Å²) < 4.78 is 0. The zero-order valence-electron chi connectivity index (χ0n) is 19.0. The van der Waals surface area contributed by atoms with Crippen LogP contribution in [0.3, 0.4) is 0 Å². The van der Waals surface area contributed by atoms with Gasteiger partial charge in [-0.25, -0.2) is 0 Å². The van der Waals surface area contributed by atoms with Gasteiger partial charge in [0, 0.05) is 0 Å². The Hall–Kier alpha value is -0.560. The molecule has 1 nitrogen and oxygen atoms in total. The molecular formula is C27H44O. The Kier molecular flexibility index (Phi) is 5.62. The van der Waals surface area contributed by atoms with Gasteiger partial charge in [0.15, 0.2) is 0 Å². The average molecular weight is 385 g/mol. The van der Waals surface area contributed by atoms with E-state index in [4.69, 9.17) is 0 Å². The standard InChI is InChI=1S/C27H44O/c1-18(2)7-6-8-19(3)23-11-12-24-22-10-9-20-17-21(28)13-15-26(20,4)25(22)14-16-27(23,24)5/h9,19,21-25,28H,1,6-8,10-17H2,2-5H3/t19?,21-,22-,23+,24-,25-,26-,27+/m0/s1. The Morgan fingerprint density at radius 3 is 2.71 bits per heavy atom. The van der Waals surface area contributed by atoms with Gasteiger partial charge in [-0.2, -0.15) is 0 Å². The first kappa shape index (κ1) is 20.7.